The van der Waals surface area contributed by atoms with Crippen molar-refractivity contribution in [2.24, 2.45) is 0 Å². The number of ether oxygens (including phenoxy) is 1. The van der Waals surface area contributed by atoms with Gasteiger partial charge in [0.25, 0.3) is 0 Å². The van der Waals surface area contributed by atoms with Crippen LogP contribution in [0.3, 0.4) is 0 Å². The molecule has 0 aliphatic carbocycles. The molecule has 0 saturated heterocycles. The Morgan fingerprint density at radius 1 is 1.11 bits per heavy atom. The van der Waals surface area contributed by atoms with Crippen molar-refractivity contribution in [1.29, 1.82) is 0 Å². The molecular weight excluding hydrogens is 352 g/mol. The Bertz CT molecular complexity index is 1030. The quantitative estimate of drug-likeness (QED) is 0.665. The van der Waals surface area contributed by atoms with Gasteiger partial charge in [-0.2, -0.15) is 0 Å². The number of nitrogens with one attached hydrogen (secondary N) is 1. The number of thioether (sulfide) groups is 1. The Morgan fingerprint density at radius 3 is 2.85 bits per heavy atom. The summed E-state index contributed by atoms with van der Waals surface area (Å²) in [6.45, 7) is 0. The van der Waals surface area contributed by atoms with Crippen LogP contribution in [-0.4, -0.2) is 17.5 Å². The topological polar surface area (TPSA) is 34.1 Å². The molecule has 0 bridgehead atoms. The van der Waals surface area contributed by atoms with E-state index >= 15 is 0 Å². The van der Waals surface area contributed by atoms with Gasteiger partial charge in [-0.3, -0.25) is 4.98 Å². The van der Waals surface area contributed by atoms with E-state index in [1.54, 1.807) is 18.9 Å². The van der Waals surface area contributed by atoms with Crippen molar-refractivity contribution < 1.29 is 4.74 Å². The minimum absolute atomic E-state index is 0.115. The van der Waals surface area contributed by atoms with Crippen LogP contribution in [-0.2, 0) is 6.42 Å². The van der Waals surface area contributed by atoms with Crippen molar-refractivity contribution in [3.63, 3.8) is 0 Å². The zero-order valence-corrected chi connectivity index (χ0v) is 15.9. The van der Waals surface area contributed by atoms with Gasteiger partial charge < -0.3 is 10.1 Å². The molecule has 3 aromatic rings. The molecule has 2 aromatic carbocycles. The Kier molecular flexibility index (Phi) is 5.32. The largest absolute Gasteiger partial charge is 0.497 e. The van der Waals surface area contributed by atoms with Gasteiger partial charge in [-0.25, -0.2) is 0 Å². The van der Waals surface area contributed by atoms with Crippen LogP contribution in [0, 0.1) is 11.8 Å². The summed E-state index contributed by atoms with van der Waals surface area (Å²) in [5.74, 6) is 7.52. The van der Waals surface area contributed by atoms with E-state index in [0.29, 0.717) is 0 Å². The molecule has 3 nitrogen and oxygen atoms in total. The van der Waals surface area contributed by atoms with Gasteiger partial charge in [-0.05, 0) is 52.6 Å². The highest BCUT2D eigenvalue weighted by Crippen LogP contribution is 2.28. The van der Waals surface area contributed by atoms with Crippen LogP contribution in [0.15, 0.2) is 66.3 Å². The van der Waals surface area contributed by atoms with Crippen LogP contribution in [0.5, 0.6) is 5.75 Å². The normalized spacial score (nSPS) is 15.6. The Morgan fingerprint density at radius 2 is 2.00 bits per heavy atom. The van der Waals surface area contributed by atoms with Crippen molar-refractivity contribution in [3.8, 4) is 17.6 Å². The number of hydrogen-bond donors (Lipinski definition) is 1. The summed E-state index contributed by atoms with van der Waals surface area (Å²) < 4.78 is 5.18. The molecule has 1 atom stereocenters. The van der Waals surface area contributed by atoms with Crippen molar-refractivity contribution >= 4 is 28.2 Å². The highest BCUT2D eigenvalue weighted by molar-refractivity contribution is 8.03. The molecule has 1 unspecified atom stereocenters. The third-order valence-electron chi connectivity index (χ3n) is 4.49. The summed E-state index contributed by atoms with van der Waals surface area (Å²) in [7, 11) is 1.68. The van der Waals surface area contributed by atoms with Crippen LogP contribution in [0.4, 0.5) is 0 Å². The second-order valence-electron chi connectivity index (χ2n) is 6.30. The van der Waals surface area contributed by atoms with Crippen LogP contribution >= 0.6 is 11.8 Å². The third kappa shape index (κ3) is 4.27. The molecule has 27 heavy (non-hydrogen) atoms. The average molecular weight is 372 g/mol. The molecule has 0 spiro atoms. The lowest BCUT2D eigenvalue weighted by Crippen LogP contribution is -2.17. The molecule has 4 rings (SSSR count). The monoisotopic (exact) mass is 372 g/mol. The molecule has 0 amide bonds. The minimum Gasteiger partial charge on any atom is -0.497 e. The number of rotatable bonds is 4. The van der Waals surface area contributed by atoms with Gasteiger partial charge >= 0.3 is 0 Å². The maximum atomic E-state index is 5.18. The van der Waals surface area contributed by atoms with E-state index in [1.165, 1.54) is 16.5 Å². The first-order valence-corrected chi connectivity index (χ1v) is 9.84. The predicted molar refractivity (Wildman–Crippen MR) is 113 cm³/mol. The van der Waals surface area contributed by atoms with Crippen molar-refractivity contribution in [1.82, 2.24) is 10.3 Å². The van der Waals surface area contributed by atoms with E-state index in [-0.39, 0.29) is 5.37 Å². The number of fused-ring (bicyclic) bond motifs is 1. The first kappa shape index (κ1) is 17.5. The van der Waals surface area contributed by atoms with Crippen LogP contribution < -0.4 is 10.1 Å². The highest BCUT2D eigenvalue weighted by atomic mass is 32.2. The maximum Gasteiger partial charge on any atom is 0.139 e. The molecule has 2 heterocycles. The number of pyridine rings is 1. The Labute approximate surface area is 163 Å². The van der Waals surface area contributed by atoms with Crippen LogP contribution in [0.1, 0.15) is 17.5 Å². The Hall–Kier alpha value is -2.90. The second-order valence-corrected chi connectivity index (χ2v) is 7.28. The lowest BCUT2D eigenvalue weighted by Gasteiger charge is -2.08. The number of hydrogen-bond acceptors (Lipinski definition) is 4. The van der Waals surface area contributed by atoms with Gasteiger partial charge in [0.05, 0.1) is 7.11 Å². The zero-order valence-electron chi connectivity index (χ0n) is 15.1. The number of benzene rings is 2. The van der Waals surface area contributed by atoms with E-state index in [0.717, 1.165) is 29.7 Å². The number of aromatic nitrogens is 1. The van der Waals surface area contributed by atoms with Gasteiger partial charge in [-0.1, -0.05) is 47.9 Å². The molecule has 0 fully saturated rings. The molecule has 1 aliphatic heterocycles. The SMILES string of the molecule is COc1ccc(CCC#CC2NC(c3ccc4cnccc4c3)=CS2)cc1. The van der Waals surface area contributed by atoms with Crippen molar-refractivity contribution in [3.05, 3.63) is 77.5 Å². The third-order valence-corrected chi connectivity index (χ3v) is 5.37. The summed E-state index contributed by atoms with van der Waals surface area (Å²) in [6, 6.07) is 16.6. The predicted octanol–water partition coefficient (Wildman–Crippen LogP) is 4.84. The van der Waals surface area contributed by atoms with E-state index in [9.17, 15) is 0 Å². The highest BCUT2D eigenvalue weighted by Gasteiger charge is 2.15. The Balaban J connectivity index is 1.33. The van der Waals surface area contributed by atoms with Gasteiger partial charge in [0.15, 0.2) is 0 Å². The lowest BCUT2D eigenvalue weighted by atomic mass is 10.1. The number of methoxy groups -OCH3 is 1. The minimum atomic E-state index is 0.115. The van der Waals surface area contributed by atoms with Crippen LogP contribution in [0.2, 0.25) is 0 Å². The summed E-state index contributed by atoms with van der Waals surface area (Å²) in [4.78, 5) is 4.17. The number of aryl methyl sites for hydroxylation is 1. The first-order valence-electron chi connectivity index (χ1n) is 8.89. The van der Waals surface area contributed by atoms with E-state index in [4.69, 9.17) is 4.74 Å². The fourth-order valence-electron chi connectivity index (χ4n) is 2.98. The van der Waals surface area contributed by atoms with Crippen LogP contribution in [0.25, 0.3) is 16.5 Å². The standard InChI is InChI=1S/C23H20N2OS/c1-26-21-10-6-17(7-11-21)4-2-3-5-23-25-22(16-27-23)19-8-9-20-15-24-13-12-18(20)14-19/h6-16,23,25H,2,4H2,1H3. The second kappa shape index (κ2) is 8.20. The molecule has 1 aromatic heterocycles. The summed E-state index contributed by atoms with van der Waals surface area (Å²) >= 11 is 1.73. The fraction of sp³-hybridized carbons (Fsp3) is 0.174. The molecule has 0 radical (unpaired) electrons. The average Bonchev–Trinajstić information content (AvgIpc) is 3.20. The number of nitrogens with zero attached hydrogens (tertiary/aromatic N) is 1. The molecule has 0 saturated carbocycles. The molecule has 1 N–H and O–H groups in total. The lowest BCUT2D eigenvalue weighted by molar-refractivity contribution is 0.414. The van der Waals surface area contributed by atoms with Gasteiger partial charge in [0.2, 0.25) is 0 Å². The first-order chi connectivity index (χ1) is 13.3. The fourth-order valence-corrected chi connectivity index (χ4v) is 3.80. The zero-order chi connectivity index (χ0) is 18.5. The van der Waals surface area contributed by atoms with E-state index < -0.39 is 0 Å². The van der Waals surface area contributed by atoms with E-state index in [1.807, 2.05) is 30.6 Å². The summed E-state index contributed by atoms with van der Waals surface area (Å²) in [5, 5.41) is 8.13. The van der Waals surface area contributed by atoms with Gasteiger partial charge in [0, 0.05) is 29.9 Å². The van der Waals surface area contributed by atoms with Gasteiger partial charge in [-0.15, -0.1) is 0 Å². The van der Waals surface area contributed by atoms with Crippen molar-refractivity contribution in [2.75, 3.05) is 7.11 Å². The summed E-state index contributed by atoms with van der Waals surface area (Å²) in [5.41, 5.74) is 3.60. The van der Waals surface area contributed by atoms with E-state index in [2.05, 4.69) is 57.9 Å². The molecule has 4 heteroatoms. The maximum absolute atomic E-state index is 5.18. The van der Waals surface area contributed by atoms with Crippen molar-refractivity contribution in [2.45, 2.75) is 18.2 Å². The molecule has 134 valence electrons. The summed E-state index contributed by atoms with van der Waals surface area (Å²) in [6.07, 6.45) is 5.52. The molecular formula is C23H20N2OS. The smallest absolute Gasteiger partial charge is 0.139 e. The van der Waals surface area contributed by atoms with Gasteiger partial charge in [0.1, 0.15) is 11.1 Å². The molecule has 1 aliphatic rings.